The molecule has 6 rings (SSSR count). The fourth-order valence-corrected chi connectivity index (χ4v) is 9.53. The maximum atomic E-state index is 15.7. The van der Waals surface area contributed by atoms with Crippen LogP contribution in [-0.4, -0.2) is 41.9 Å². The number of anilines is 1. The molecule has 2 aliphatic rings. The Morgan fingerprint density at radius 1 is 1.10 bits per heavy atom. The second kappa shape index (κ2) is 10.2. The van der Waals surface area contributed by atoms with Crippen molar-refractivity contribution in [1.29, 1.82) is 0 Å². The minimum Gasteiger partial charge on any atom is -0.396 e. The van der Waals surface area contributed by atoms with Crippen molar-refractivity contribution in [2.24, 2.45) is 5.92 Å². The van der Waals surface area contributed by atoms with E-state index in [1.165, 1.54) is 4.68 Å². The molecule has 212 valence electrons. The normalized spacial score (nSPS) is 24.0. The van der Waals surface area contributed by atoms with Crippen molar-refractivity contribution in [3.8, 4) is 5.69 Å². The minimum atomic E-state index is -3.29. The van der Waals surface area contributed by atoms with E-state index in [9.17, 15) is 14.7 Å². The number of ether oxygens (including phenoxy) is 1. The number of benzene rings is 3. The third-order valence-corrected chi connectivity index (χ3v) is 11.2. The second-order valence-electron chi connectivity index (χ2n) is 11.5. The van der Waals surface area contributed by atoms with Gasteiger partial charge in [-0.3, -0.25) is 9.59 Å². The molecule has 3 aromatic carbocycles. The number of hydrogen-bond donors (Lipinski definition) is 1. The number of amides is 1. The Hall–Kier alpha value is -3.37. The van der Waals surface area contributed by atoms with Crippen LogP contribution in [0.3, 0.4) is 0 Å². The zero-order valence-corrected chi connectivity index (χ0v) is 24.8. The van der Waals surface area contributed by atoms with Crippen LogP contribution in [0.5, 0.6) is 0 Å². The Balaban J connectivity index is 1.40. The van der Waals surface area contributed by atoms with E-state index in [1.807, 2.05) is 43.3 Å². The van der Waals surface area contributed by atoms with Gasteiger partial charge in [0.2, 0.25) is 8.41 Å². The molecule has 1 aromatic heterocycles. The summed E-state index contributed by atoms with van der Waals surface area (Å²) in [5.41, 5.74) is 0.507. The monoisotopic (exact) mass is 591 g/mol. The first-order valence-electron chi connectivity index (χ1n) is 13.7. The van der Waals surface area contributed by atoms with E-state index in [-0.39, 0.29) is 31.0 Å². The topological polar surface area (TPSA) is 84.7 Å². The van der Waals surface area contributed by atoms with Crippen LogP contribution >= 0.6 is 11.6 Å². The fourth-order valence-electron chi connectivity index (χ4n) is 6.82. The minimum absolute atomic E-state index is 0.163. The lowest BCUT2D eigenvalue weighted by Crippen LogP contribution is -2.45. The number of carbonyl (C=O) groups is 1. The summed E-state index contributed by atoms with van der Waals surface area (Å²) in [6.45, 7) is 5.17. The van der Waals surface area contributed by atoms with Crippen molar-refractivity contribution in [3.05, 3.63) is 99.4 Å². The predicted octanol–water partition coefficient (Wildman–Crippen LogP) is 5.74. The first-order chi connectivity index (χ1) is 19.6. The van der Waals surface area contributed by atoms with Crippen LogP contribution in [0.15, 0.2) is 77.7 Å². The Bertz CT molecular complexity index is 1720. The lowest BCUT2D eigenvalue weighted by Gasteiger charge is -2.31. The Labute approximate surface area is 243 Å². The summed E-state index contributed by atoms with van der Waals surface area (Å²) in [5, 5.41) is 15.9. The number of halogens is 2. The van der Waals surface area contributed by atoms with Gasteiger partial charge >= 0.3 is 0 Å². The van der Waals surface area contributed by atoms with Gasteiger partial charge in [-0.25, -0.2) is 0 Å². The molecule has 1 saturated heterocycles. The highest BCUT2D eigenvalue weighted by molar-refractivity contribution is 6.72. The van der Waals surface area contributed by atoms with Gasteiger partial charge in [-0.05, 0) is 61.5 Å². The van der Waals surface area contributed by atoms with E-state index in [1.54, 1.807) is 54.5 Å². The average molecular weight is 592 g/mol. The molecule has 0 aliphatic carbocycles. The zero-order valence-electron chi connectivity index (χ0n) is 23.1. The van der Waals surface area contributed by atoms with Crippen molar-refractivity contribution in [3.63, 3.8) is 0 Å². The number of fused-ring (bicyclic) bond motifs is 3. The van der Waals surface area contributed by atoms with Crippen molar-refractivity contribution < 1.29 is 18.7 Å². The molecule has 0 saturated carbocycles. The first kappa shape index (κ1) is 27.8. The van der Waals surface area contributed by atoms with Crippen LogP contribution < -0.4 is 10.5 Å². The van der Waals surface area contributed by atoms with Crippen LogP contribution in [0, 0.1) is 5.92 Å². The second-order valence-corrected chi connectivity index (χ2v) is 15.7. The molecule has 3 heterocycles. The molecule has 1 spiro atoms. The first-order valence-corrected chi connectivity index (χ1v) is 17.1. The molecule has 41 heavy (non-hydrogen) atoms. The van der Waals surface area contributed by atoms with E-state index in [4.69, 9.17) is 16.3 Å². The summed E-state index contributed by atoms with van der Waals surface area (Å²) in [6, 6.07) is 19.9. The van der Waals surface area contributed by atoms with Gasteiger partial charge in [-0.1, -0.05) is 48.9 Å². The van der Waals surface area contributed by atoms with E-state index in [0.29, 0.717) is 27.3 Å². The molecule has 1 fully saturated rings. The number of aliphatic hydroxyl groups is 1. The SMILES string of the molecule is C[C@@H]1[C@@H]([Si](C)(C)F)[C@H](CCO)O[C@@]12C(=O)N(Cc1cccc(-n3ncc4ccccc4c3=O)c1)c1ccc(Cl)cc12. The molecule has 7 nitrogen and oxygen atoms in total. The van der Waals surface area contributed by atoms with E-state index in [0.717, 1.165) is 10.9 Å². The fraction of sp³-hybridized carbons (Fsp3) is 0.323. The summed E-state index contributed by atoms with van der Waals surface area (Å²) >= 11 is 6.43. The van der Waals surface area contributed by atoms with E-state index >= 15 is 4.11 Å². The number of aliphatic hydroxyl groups excluding tert-OH is 1. The zero-order chi connectivity index (χ0) is 29.1. The Morgan fingerprint density at radius 2 is 1.88 bits per heavy atom. The van der Waals surface area contributed by atoms with Crippen LogP contribution in [0.25, 0.3) is 16.5 Å². The average Bonchev–Trinajstić information content (AvgIpc) is 3.36. The van der Waals surface area contributed by atoms with Gasteiger partial charge < -0.3 is 18.9 Å². The van der Waals surface area contributed by atoms with Gasteiger partial charge in [0.1, 0.15) is 0 Å². The number of carbonyl (C=O) groups excluding carboxylic acids is 1. The molecule has 0 unspecified atom stereocenters. The predicted molar refractivity (Wildman–Crippen MR) is 160 cm³/mol. The van der Waals surface area contributed by atoms with Crippen LogP contribution in [-0.2, 0) is 21.7 Å². The Kier molecular flexibility index (Phi) is 6.89. The molecule has 1 amide bonds. The molecule has 10 heteroatoms. The molecule has 2 aliphatic heterocycles. The molecule has 0 bridgehead atoms. The Morgan fingerprint density at radius 3 is 2.63 bits per heavy atom. The molecule has 1 N–H and O–H groups in total. The third kappa shape index (κ3) is 4.42. The van der Waals surface area contributed by atoms with Crippen LogP contribution in [0.1, 0.15) is 24.5 Å². The highest BCUT2D eigenvalue weighted by atomic mass is 35.5. The van der Waals surface area contributed by atoms with Gasteiger partial charge in [0.25, 0.3) is 11.5 Å². The van der Waals surface area contributed by atoms with Crippen LogP contribution in [0.2, 0.25) is 23.7 Å². The van der Waals surface area contributed by atoms with Crippen molar-refractivity contribution in [2.75, 3.05) is 11.5 Å². The summed E-state index contributed by atoms with van der Waals surface area (Å²) in [4.78, 5) is 29.3. The summed E-state index contributed by atoms with van der Waals surface area (Å²) in [7, 11) is -3.29. The maximum absolute atomic E-state index is 15.7. The number of rotatable bonds is 6. The summed E-state index contributed by atoms with van der Waals surface area (Å²) < 4.78 is 23.6. The molecular formula is C31H31ClFN3O4Si. The largest absolute Gasteiger partial charge is 0.396 e. The number of nitrogens with zero attached hydrogens (tertiary/aromatic N) is 3. The van der Waals surface area contributed by atoms with Crippen molar-refractivity contribution >= 4 is 42.4 Å². The van der Waals surface area contributed by atoms with Gasteiger partial charge in [0.05, 0.1) is 35.6 Å². The van der Waals surface area contributed by atoms with E-state index < -0.39 is 31.6 Å². The van der Waals surface area contributed by atoms with E-state index in [2.05, 4.69) is 5.10 Å². The molecule has 4 aromatic rings. The van der Waals surface area contributed by atoms with Crippen molar-refractivity contribution in [1.82, 2.24) is 9.78 Å². The maximum Gasteiger partial charge on any atom is 0.279 e. The highest BCUT2D eigenvalue weighted by Gasteiger charge is 2.66. The molecule has 0 radical (unpaired) electrons. The van der Waals surface area contributed by atoms with Gasteiger partial charge in [0.15, 0.2) is 5.60 Å². The lowest BCUT2D eigenvalue weighted by molar-refractivity contribution is -0.146. The standard InChI is InChI=1S/C31H31ClFN3O4Si/c1-19-28(41(2,3)33)27(13-14-37)40-31(19)25-16-22(32)11-12-26(25)35(30(31)39)18-20-7-6-9-23(15-20)36-29(38)24-10-5-4-8-21(24)17-34-36/h4-12,15-17,19,27-28,37H,13-14,18H2,1-3H3/t19-,27+,28-,31+/m1/s1. The quantitative estimate of drug-likeness (QED) is 0.228. The summed E-state index contributed by atoms with van der Waals surface area (Å²) in [5.74, 6) is -0.746. The van der Waals surface area contributed by atoms with Gasteiger partial charge in [-0.2, -0.15) is 9.78 Å². The number of hydrogen-bond acceptors (Lipinski definition) is 5. The summed E-state index contributed by atoms with van der Waals surface area (Å²) in [6.07, 6.45) is 1.31. The van der Waals surface area contributed by atoms with Gasteiger partial charge in [-0.15, -0.1) is 0 Å². The van der Waals surface area contributed by atoms with Crippen LogP contribution in [0.4, 0.5) is 9.80 Å². The van der Waals surface area contributed by atoms with Gasteiger partial charge in [0, 0.05) is 34.0 Å². The number of aromatic nitrogens is 2. The lowest BCUT2D eigenvalue weighted by atomic mass is 9.82. The van der Waals surface area contributed by atoms with Crippen molar-refractivity contribution in [2.45, 2.75) is 50.2 Å². The highest BCUT2D eigenvalue weighted by Crippen LogP contribution is 2.60. The third-order valence-electron chi connectivity index (χ3n) is 8.53. The smallest absolute Gasteiger partial charge is 0.279 e. The molecule has 4 atom stereocenters. The molecular weight excluding hydrogens is 561 g/mol.